The minimum Gasteiger partial charge on any atom is -0.481 e. The van der Waals surface area contributed by atoms with Crippen molar-refractivity contribution in [2.24, 2.45) is 5.92 Å². The standard InChI is InChI=1S/C15H15FN2O4S/c16-13-3-4-14(11-5-6-17-8-12(11)13)23(21,22)18-7-1-2-10(9-18)15(19)20/h3-6,8,10H,1-2,7,9H2,(H,19,20)/t10-/m0/s1. The Kier molecular flexibility index (Phi) is 4.03. The molecule has 1 N–H and O–H groups in total. The number of carbonyl (C=O) groups is 1. The Bertz CT molecular complexity index is 869. The van der Waals surface area contributed by atoms with Crippen LogP contribution in [0, 0.1) is 11.7 Å². The maximum atomic E-state index is 13.8. The third-order valence-electron chi connectivity index (χ3n) is 4.08. The number of hydrogen-bond donors (Lipinski definition) is 1. The Morgan fingerprint density at radius 1 is 1.30 bits per heavy atom. The number of aliphatic carboxylic acids is 1. The topological polar surface area (TPSA) is 87.6 Å². The van der Waals surface area contributed by atoms with E-state index >= 15 is 0 Å². The molecule has 0 unspecified atom stereocenters. The van der Waals surface area contributed by atoms with Crippen molar-refractivity contribution < 1.29 is 22.7 Å². The van der Waals surface area contributed by atoms with Gasteiger partial charge in [-0.2, -0.15) is 4.31 Å². The minimum absolute atomic E-state index is 0.0256. The van der Waals surface area contributed by atoms with Gasteiger partial charge in [0.05, 0.1) is 10.8 Å². The lowest BCUT2D eigenvalue weighted by atomic mass is 10.0. The molecule has 1 atom stereocenters. The van der Waals surface area contributed by atoms with Crippen LogP contribution in [0.15, 0.2) is 35.5 Å². The molecule has 0 aliphatic carbocycles. The number of piperidine rings is 1. The molecule has 1 aliphatic heterocycles. The fraction of sp³-hybridized carbons (Fsp3) is 0.333. The van der Waals surface area contributed by atoms with Crippen molar-refractivity contribution in [3.05, 3.63) is 36.4 Å². The van der Waals surface area contributed by atoms with E-state index in [0.717, 1.165) is 6.07 Å². The molecule has 8 heteroatoms. The Balaban J connectivity index is 2.07. The van der Waals surface area contributed by atoms with Gasteiger partial charge in [-0.25, -0.2) is 12.8 Å². The highest BCUT2D eigenvalue weighted by Crippen LogP contribution is 2.29. The van der Waals surface area contributed by atoms with Crippen LogP contribution in [0.3, 0.4) is 0 Å². The first-order valence-corrected chi connectivity index (χ1v) is 8.60. The van der Waals surface area contributed by atoms with Crippen molar-refractivity contribution in [1.29, 1.82) is 0 Å². The highest BCUT2D eigenvalue weighted by atomic mass is 32.2. The Hall–Kier alpha value is -2.06. The number of sulfonamides is 1. The van der Waals surface area contributed by atoms with Crippen molar-refractivity contribution in [3.63, 3.8) is 0 Å². The number of fused-ring (bicyclic) bond motifs is 1. The molecule has 2 aromatic rings. The number of benzene rings is 1. The predicted molar refractivity (Wildman–Crippen MR) is 80.8 cm³/mol. The normalized spacial score (nSPS) is 19.8. The van der Waals surface area contributed by atoms with Gasteiger partial charge in [-0.15, -0.1) is 0 Å². The van der Waals surface area contributed by atoms with Gasteiger partial charge in [-0.1, -0.05) is 0 Å². The van der Waals surface area contributed by atoms with Gasteiger partial charge in [-0.3, -0.25) is 9.78 Å². The Labute approximate surface area is 132 Å². The molecular formula is C15H15FN2O4S. The summed E-state index contributed by atoms with van der Waals surface area (Å²) in [6, 6.07) is 3.76. The second-order valence-corrected chi connectivity index (χ2v) is 7.41. The second-order valence-electron chi connectivity index (χ2n) is 5.51. The number of hydrogen-bond acceptors (Lipinski definition) is 4. The van der Waals surface area contributed by atoms with Crippen molar-refractivity contribution in [3.8, 4) is 0 Å². The summed E-state index contributed by atoms with van der Waals surface area (Å²) in [7, 11) is -3.90. The Morgan fingerprint density at radius 2 is 2.09 bits per heavy atom. The van der Waals surface area contributed by atoms with Crippen LogP contribution in [0.5, 0.6) is 0 Å². The molecule has 3 rings (SSSR count). The lowest BCUT2D eigenvalue weighted by molar-refractivity contribution is -0.142. The molecule has 1 fully saturated rings. The minimum atomic E-state index is -3.90. The van der Waals surface area contributed by atoms with E-state index in [1.54, 1.807) is 0 Å². The molecule has 23 heavy (non-hydrogen) atoms. The van der Waals surface area contributed by atoms with Crippen LogP contribution in [-0.2, 0) is 14.8 Å². The van der Waals surface area contributed by atoms with E-state index in [2.05, 4.69) is 4.98 Å². The third-order valence-corrected chi connectivity index (χ3v) is 6.00. The van der Waals surface area contributed by atoms with E-state index in [4.69, 9.17) is 5.11 Å². The molecule has 2 heterocycles. The zero-order chi connectivity index (χ0) is 16.6. The molecular weight excluding hydrogens is 323 g/mol. The summed E-state index contributed by atoms with van der Waals surface area (Å²) in [5.41, 5.74) is 0. The molecule has 0 spiro atoms. The van der Waals surface area contributed by atoms with Crippen molar-refractivity contribution in [1.82, 2.24) is 9.29 Å². The molecule has 6 nitrogen and oxygen atoms in total. The van der Waals surface area contributed by atoms with Gasteiger partial charge in [0.1, 0.15) is 5.82 Å². The number of nitrogens with zero attached hydrogens (tertiary/aromatic N) is 2. The first-order chi connectivity index (χ1) is 10.9. The lowest BCUT2D eigenvalue weighted by Crippen LogP contribution is -2.42. The zero-order valence-corrected chi connectivity index (χ0v) is 13.0. The molecule has 0 radical (unpaired) electrons. The summed E-state index contributed by atoms with van der Waals surface area (Å²) >= 11 is 0. The maximum absolute atomic E-state index is 13.8. The van der Waals surface area contributed by atoms with Gasteiger partial charge in [-0.05, 0) is 31.0 Å². The third kappa shape index (κ3) is 2.79. The highest BCUT2D eigenvalue weighted by Gasteiger charge is 2.34. The van der Waals surface area contributed by atoms with Gasteiger partial charge in [0.15, 0.2) is 0 Å². The highest BCUT2D eigenvalue weighted by molar-refractivity contribution is 7.89. The van der Waals surface area contributed by atoms with E-state index in [1.807, 2.05) is 0 Å². The van der Waals surface area contributed by atoms with Gasteiger partial charge in [0, 0.05) is 36.3 Å². The van der Waals surface area contributed by atoms with Crippen LogP contribution in [0.2, 0.25) is 0 Å². The van der Waals surface area contributed by atoms with E-state index in [1.165, 1.54) is 28.8 Å². The average molecular weight is 338 g/mol. The first kappa shape index (κ1) is 15.8. The smallest absolute Gasteiger partial charge is 0.307 e. The van der Waals surface area contributed by atoms with Crippen LogP contribution < -0.4 is 0 Å². The molecule has 1 aromatic heterocycles. The van der Waals surface area contributed by atoms with Crippen molar-refractivity contribution in [2.45, 2.75) is 17.7 Å². The summed E-state index contributed by atoms with van der Waals surface area (Å²) in [6.45, 7) is 0.192. The number of carboxylic acids is 1. The fourth-order valence-electron chi connectivity index (χ4n) is 2.85. The molecule has 1 aliphatic rings. The summed E-state index contributed by atoms with van der Waals surface area (Å²) < 4.78 is 40.7. The van der Waals surface area contributed by atoms with Gasteiger partial charge < -0.3 is 5.11 Å². The van der Waals surface area contributed by atoms with Crippen LogP contribution in [0.25, 0.3) is 10.8 Å². The SMILES string of the molecule is O=C(O)[C@H]1CCCN(S(=O)(=O)c2ccc(F)c3cnccc23)C1. The fourth-order valence-corrected chi connectivity index (χ4v) is 4.57. The monoisotopic (exact) mass is 338 g/mol. The Morgan fingerprint density at radius 3 is 2.83 bits per heavy atom. The number of aromatic nitrogens is 1. The summed E-state index contributed by atoms with van der Waals surface area (Å²) in [4.78, 5) is 14.9. The van der Waals surface area contributed by atoms with E-state index in [0.29, 0.717) is 12.8 Å². The van der Waals surface area contributed by atoms with Gasteiger partial charge in [0.2, 0.25) is 10.0 Å². The number of carboxylic acid groups (broad SMARTS) is 1. The second kappa shape index (κ2) is 5.86. The largest absolute Gasteiger partial charge is 0.481 e. The van der Waals surface area contributed by atoms with Crippen LogP contribution in [0.1, 0.15) is 12.8 Å². The maximum Gasteiger partial charge on any atom is 0.307 e. The van der Waals surface area contributed by atoms with E-state index in [-0.39, 0.29) is 28.8 Å². The molecule has 1 saturated heterocycles. The van der Waals surface area contributed by atoms with Crippen LogP contribution in [-0.4, -0.2) is 41.9 Å². The molecule has 1 aromatic carbocycles. The van der Waals surface area contributed by atoms with Gasteiger partial charge >= 0.3 is 5.97 Å². The first-order valence-electron chi connectivity index (χ1n) is 7.16. The molecule has 122 valence electrons. The number of halogens is 1. The summed E-state index contributed by atoms with van der Waals surface area (Å²) in [6.07, 6.45) is 3.61. The van der Waals surface area contributed by atoms with Crippen molar-refractivity contribution in [2.75, 3.05) is 13.1 Å². The van der Waals surface area contributed by atoms with Crippen molar-refractivity contribution >= 4 is 26.8 Å². The van der Waals surface area contributed by atoms with E-state index in [9.17, 15) is 17.6 Å². The molecule has 0 saturated carbocycles. The summed E-state index contributed by atoms with van der Waals surface area (Å²) in [5, 5.41) is 9.49. The lowest BCUT2D eigenvalue weighted by Gasteiger charge is -2.30. The number of pyridine rings is 1. The summed E-state index contributed by atoms with van der Waals surface area (Å²) in [5.74, 6) is -2.26. The van der Waals surface area contributed by atoms with Gasteiger partial charge in [0.25, 0.3) is 0 Å². The van der Waals surface area contributed by atoms with Crippen LogP contribution in [0.4, 0.5) is 4.39 Å². The quantitative estimate of drug-likeness (QED) is 0.923. The average Bonchev–Trinajstić information content (AvgIpc) is 2.55. The molecule has 0 bridgehead atoms. The molecule has 0 amide bonds. The van der Waals surface area contributed by atoms with Crippen LogP contribution >= 0.6 is 0 Å². The van der Waals surface area contributed by atoms with E-state index < -0.39 is 27.7 Å². The zero-order valence-electron chi connectivity index (χ0n) is 12.1. The predicted octanol–water partition coefficient (Wildman–Crippen LogP) is 1.86. The number of rotatable bonds is 3.